The first-order chi connectivity index (χ1) is 11.1. The van der Waals surface area contributed by atoms with Crippen LogP contribution in [0.15, 0.2) is 45.7 Å². The maximum atomic E-state index is 12.3. The molecule has 2 heterocycles. The molecule has 1 amide bonds. The topological polar surface area (TPSA) is 59.8 Å². The summed E-state index contributed by atoms with van der Waals surface area (Å²) in [7, 11) is -1.27. The maximum absolute atomic E-state index is 12.3. The van der Waals surface area contributed by atoms with Gasteiger partial charge in [-0.15, -0.1) is 0 Å². The van der Waals surface area contributed by atoms with Gasteiger partial charge >= 0.3 is 0 Å². The van der Waals surface area contributed by atoms with Gasteiger partial charge in [-0.25, -0.2) is 0 Å². The number of morpholine rings is 1. The van der Waals surface area contributed by atoms with Crippen molar-refractivity contribution in [3.05, 3.63) is 52.9 Å². The lowest BCUT2D eigenvalue weighted by atomic mass is 10.3. The van der Waals surface area contributed by atoms with Crippen LogP contribution in [0.3, 0.4) is 0 Å². The SMILES string of the molecule is O=C(c1ccc(C[S@@](=O)c2cccc(Cl)c2)o1)N1CCOCC1. The third kappa shape index (κ3) is 4.02. The molecule has 23 heavy (non-hydrogen) atoms. The first-order valence-electron chi connectivity index (χ1n) is 7.23. The number of carbonyl (C=O) groups is 1. The van der Waals surface area contributed by atoms with E-state index in [2.05, 4.69) is 0 Å². The van der Waals surface area contributed by atoms with Crippen LogP contribution in [0.2, 0.25) is 5.02 Å². The van der Waals surface area contributed by atoms with Gasteiger partial charge in [0.2, 0.25) is 0 Å². The Morgan fingerprint density at radius 2 is 2.00 bits per heavy atom. The number of halogens is 1. The van der Waals surface area contributed by atoms with Crippen LogP contribution in [0.25, 0.3) is 0 Å². The molecule has 1 aliphatic heterocycles. The van der Waals surface area contributed by atoms with Gasteiger partial charge in [-0.3, -0.25) is 9.00 Å². The molecule has 1 atom stereocenters. The standard InChI is InChI=1S/C16H16ClNO4S/c17-12-2-1-3-14(10-12)23(20)11-13-4-5-15(22-13)16(19)18-6-8-21-9-7-18/h1-5,10H,6-9,11H2/t23-/m1/s1. The molecular weight excluding hydrogens is 338 g/mol. The van der Waals surface area contributed by atoms with E-state index in [0.29, 0.717) is 42.0 Å². The van der Waals surface area contributed by atoms with Crippen LogP contribution in [0.5, 0.6) is 0 Å². The highest BCUT2D eigenvalue weighted by atomic mass is 35.5. The molecule has 2 aromatic rings. The monoisotopic (exact) mass is 353 g/mol. The van der Waals surface area contributed by atoms with Gasteiger partial charge in [-0.1, -0.05) is 17.7 Å². The van der Waals surface area contributed by atoms with Crippen molar-refractivity contribution < 1.29 is 18.2 Å². The molecule has 0 bridgehead atoms. The number of hydrogen-bond donors (Lipinski definition) is 0. The fourth-order valence-corrected chi connectivity index (χ4v) is 3.64. The Kier molecular flexibility index (Phi) is 5.15. The lowest BCUT2D eigenvalue weighted by Gasteiger charge is -2.25. The Hall–Kier alpha value is -1.63. The van der Waals surface area contributed by atoms with E-state index in [1.807, 2.05) is 0 Å². The fourth-order valence-electron chi connectivity index (χ4n) is 2.31. The van der Waals surface area contributed by atoms with Crippen LogP contribution in [-0.2, 0) is 21.3 Å². The minimum Gasteiger partial charge on any atom is -0.455 e. The molecule has 1 aliphatic rings. The summed E-state index contributed by atoms with van der Waals surface area (Å²) >= 11 is 5.91. The van der Waals surface area contributed by atoms with Crippen LogP contribution in [0.4, 0.5) is 0 Å². The zero-order valence-corrected chi connectivity index (χ0v) is 13.9. The molecule has 7 heteroatoms. The van der Waals surface area contributed by atoms with E-state index in [9.17, 15) is 9.00 Å². The van der Waals surface area contributed by atoms with Crippen molar-refractivity contribution in [2.45, 2.75) is 10.6 Å². The Bertz CT molecular complexity index is 724. The maximum Gasteiger partial charge on any atom is 0.289 e. The van der Waals surface area contributed by atoms with Gasteiger partial charge in [0, 0.05) is 23.0 Å². The van der Waals surface area contributed by atoms with Crippen molar-refractivity contribution >= 4 is 28.3 Å². The number of carbonyl (C=O) groups excluding carboxylic acids is 1. The molecule has 5 nitrogen and oxygen atoms in total. The van der Waals surface area contributed by atoms with Crippen LogP contribution < -0.4 is 0 Å². The van der Waals surface area contributed by atoms with E-state index < -0.39 is 10.8 Å². The summed E-state index contributed by atoms with van der Waals surface area (Å²) in [6.45, 7) is 2.20. The lowest BCUT2D eigenvalue weighted by Crippen LogP contribution is -2.40. The molecule has 122 valence electrons. The van der Waals surface area contributed by atoms with Crippen LogP contribution >= 0.6 is 11.6 Å². The average Bonchev–Trinajstić information content (AvgIpc) is 3.03. The van der Waals surface area contributed by atoms with Gasteiger partial charge in [-0.2, -0.15) is 0 Å². The number of amides is 1. The lowest BCUT2D eigenvalue weighted by molar-refractivity contribution is 0.0282. The summed E-state index contributed by atoms with van der Waals surface area (Å²) < 4.78 is 23.1. The highest BCUT2D eigenvalue weighted by Crippen LogP contribution is 2.19. The third-order valence-corrected chi connectivity index (χ3v) is 5.06. The molecule has 1 aromatic carbocycles. The third-order valence-electron chi connectivity index (χ3n) is 3.50. The molecule has 0 radical (unpaired) electrons. The zero-order chi connectivity index (χ0) is 16.2. The minimum atomic E-state index is -1.27. The quantitative estimate of drug-likeness (QED) is 0.848. The fraction of sp³-hybridized carbons (Fsp3) is 0.312. The molecule has 0 aliphatic carbocycles. The molecular formula is C16H16ClNO4S. The first kappa shape index (κ1) is 16.2. The summed E-state index contributed by atoms with van der Waals surface area (Å²) in [4.78, 5) is 14.6. The molecule has 1 fully saturated rings. The Morgan fingerprint density at radius 3 is 2.74 bits per heavy atom. The molecule has 1 aromatic heterocycles. The molecule has 0 N–H and O–H groups in total. The summed E-state index contributed by atoms with van der Waals surface area (Å²) in [6, 6.07) is 10.2. The number of ether oxygens (including phenoxy) is 1. The largest absolute Gasteiger partial charge is 0.455 e. The number of nitrogens with zero attached hydrogens (tertiary/aromatic N) is 1. The van der Waals surface area contributed by atoms with Crippen molar-refractivity contribution in [3.8, 4) is 0 Å². The van der Waals surface area contributed by atoms with Crippen LogP contribution in [0, 0.1) is 0 Å². The summed E-state index contributed by atoms with van der Waals surface area (Å²) in [5.74, 6) is 0.828. The van der Waals surface area contributed by atoms with Gasteiger partial charge in [0.05, 0.1) is 29.8 Å². The van der Waals surface area contributed by atoms with Gasteiger partial charge < -0.3 is 14.1 Å². The van der Waals surface area contributed by atoms with Gasteiger partial charge in [0.25, 0.3) is 5.91 Å². The van der Waals surface area contributed by atoms with Crippen molar-refractivity contribution in [2.24, 2.45) is 0 Å². The predicted molar refractivity (Wildman–Crippen MR) is 87.0 cm³/mol. The minimum absolute atomic E-state index is 0.159. The van der Waals surface area contributed by atoms with Crippen molar-refractivity contribution in [3.63, 3.8) is 0 Å². The molecule has 0 unspecified atom stereocenters. The van der Waals surface area contributed by atoms with Gasteiger partial charge in [0.1, 0.15) is 5.76 Å². The predicted octanol–water partition coefficient (Wildman–Crippen LogP) is 2.71. The van der Waals surface area contributed by atoms with Crippen LogP contribution in [-0.4, -0.2) is 41.3 Å². The summed E-state index contributed by atoms with van der Waals surface area (Å²) in [6.07, 6.45) is 0. The molecule has 3 rings (SSSR count). The Morgan fingerprint density at radius 1 is 1.22 bits per heavy atom. The van der Waals surface area contributed by atoms with Gasteiger partial charge in [0.15, 0.2) is 5.76 Å². The van der Waals surface area contributed by atoms with Crippen molar-refractivity contribution in [1.82, 2.24) is 4.90 Å². The summed E-state index contributed by atoms with van der Waals surface area (Å²) in [5.41, 5.74) is 0. The van der Waals surface area contributed by atoms with E-state index in [1.54, 1.807) is 41.3 Å². The Labute approximate surface area is 141 Å². The summed E-state index contributed by atoms with van der Waals surface area (Å²) in [5, 5.41) is 0.540. The van der Waals surface area contributed by atoms with Crippen molar-refractivity contribution in [2.75, 3.05) is 26.3 Å². The number of hydrogen-bond acceptors (Lipinski definition) is 4. The molecule has 0 saturated carbocycles. The second-order valence-electron chi connectivity index (χ2n) is 5.12. The number of benzene rings is 1. The smallest absolute Gasteiger partial charge is 0.289 e. The molecule has 0 spiro atoms. The zero-order valence-electron chi connectivity index (χ0n) is 12.4. The highest BCUT2D eigenvalue weighted by molar-refractivity contribution is 7.84. The van der Waals surface area contributed by atoms with Crippen molar-refractivity contribution in [1.29, 1.82) is 0 Å². The van der Waals surface area contributed by atoms with E-state index >= 15 is 0 Å². The highest BCUT2D eigenvalue weighted by Gasteiger charge is 2.21. The average molecular weight is 354 g/mol. The van der Waals surface area contributed by atoms with Gasteiger partial charge in [-0.05, 0) is 30.3 Å². The molecule has 1 saturated heterocycles. The van der Waals surface area contributed by atoms with E-state index in [-0.39, 0.29) is 17.4 Å². The van der Waals surface area contributed by atoms with E-state index in [1.165, 1.54) is 0 Å². The Balaban J connectivity index is 1.67. The first-order valence-corrected chi connectivity index (χ1v) is 8.93. The normalized spacial score (nSPS) is 16.3. The number of rotatable bonds is 4. The van der Waals surface area contributed by atoms with E-state index in [0.717, 1.165) is 0 Å². The second-order valence-corrected chi connectivity index (χ2v) is 7.01. The van der Waals surface area contributed by atoms with E-state index in [4.69, 9.17) is 20.8 Å². The second kappa shape index (κ2) is 7.29. The van der Waals surface area contributed by atoms with Crippen LogP contribution in [0.1, 0.15) is 16.3 Å². The number of furan rings is 1.